The highest BCUT2D eigenvalue weighted by Crippen LogP contribution is 2.31. The number of aliphatic hydroxyl groups is 1. The van der Waals surface area contributed by atoms with Gasteiger partial charge in [0, 0.05) is 26.0 Å². The molecule has 2 rings (SSSR count). The molecule has 1 amide bonds. The van der Waals surface area contributed by atoms with Crippen LogP contribution in [0.1, 0.15) is 16.6 Å². The number of rotatable bonds is 3. The van der Waals surface area contributed by atoms with Crippen LogP contribution in [-0.2, 0) is 0 Å². The highest BCUT2D eigenvalue weighted by atomic mass is 32.1. The Hall–Kier alpha value is -1.73. The Morgan fingerprint density at radius 3 is 2.83 bits per heavy atom. The number of hydrogen-bond acceptors (Lipinski definition) is 6. The molecule has 7 heteroatoms. The van der Waals surface area contributed by atoms with E-state index in [0.29, 0.717) is 20.9 Å². The van der Waals surface area contributed by atoms with Gasteiger partial charge in [-0.15, -0.1) is 11.3 Å². The molecule has 0 fully saturated rings. The lowest BCUT2D eigenvalue weighted by atomic mass is 10.3. The van der Waals surface area contributed by atoms with E-state index < -0.39 is 6.10 Å². The van der Waals surface area contributed by atoms with E-state index >= 15 is 0 Å². The second-order valence-corrected chi connectivity index (χ2v) is 5.09. The van der Waals surface area contributed by atoms with Crippen molar-refractivity contribution in [2.24, 2.45) is 0 Å². The van der Waals surface area contributed by atoms with Crippen molar-refractivity contribution in [1.29, 1.82) is 0 Å². The molecule has 0 aliphatic heterocycles. The van der Waals surface area contributed by atoms with Crippen LogP contribution >= 0.6 is 11.3 Å². The summed E-state index contributed by atoms with van der Waals surface area (Å²) in [7, 11) is 1.62. The highest BCUT2D eigenvalue weighted by molar-refractivity contribution is 7.21. The van der Waals surface area contributed by atoms with Gasteiger partial charge in [-0.2, -0.15) is 0 Å². The minimum Gasteiger partial charge on any atom is -0.396 e. The predicted molar refractivity (Wildman–Crippen MR) is 70.5 cm³/mol. The van der Waals surface area contributed by atoms with E-state index in [1.54, 1.807) is 26.4 Å². The number of anilines is 1. The van der Waals surface area contributed by atoms with Crippen LogP contribution < -0.4 is 5.73 Å². The van der Waals surface area contributed by atoms with Crippen molar-refractivity contribution in [3.05, 3.63) is 17.3 Å². The van der Waals surface area contributed by atoms with Crippen LogP contribution in [-0.4, -0.2) is 45.6 Å². The summed E-state index contributed by atoms with van der Waals surface area (Å²) in [5.41, 5.74) is 6.81. The number of carbonyl (C=O) groups is 1. The fourth-order valence-corrected chi connectivity index (χ4v) is 2.67. The first-order valence-corrected chi connectivity index (χ1v) is 6.25. The number of nitrogen functional groups attached to an aromatic ring is 1. The predicted octanol–water partition coefficient (Wildman–Crippen LogP) is 0.726. The molecule has 0 radical (unpaired) electrons. The van der Waals surface area contributed by atoms with Gasteiger partial charge in [-0.1, -0.05) is 0 Å². The van der Waals surface area contributed by atoms with Crippen molar-refractivity contribution in [1.82, 2.24) is 14.9 Å². The lowest BCUT2D eigenvalue weighted by Gasteiger charge is -2.18. The number of hydrogen-bond donors (Lipinski definition) is 2. The second kappa shape index (κ2) is 4.87. The topological polar surface area (TPSA) is 92.3 Å². The SMILES string of the molecule is CC(O)CN(C)C(=O)c1sc2nccnc2c1N. The standard InChI is InChI=1S/C11H14N4O2S/c1-6(16)5-15(2)11(17)9-7(12)8-10(18-9)14-4-3-13-8/h3-4,6,16H,5,12H2,1-2H3. The average Bonchev–Trinajstić information content (AvgIpc) is 2.66. The van der Waals surface area contributed by atoms with Gasteiger partial charge in [0.1, 0.15) is 15.2 Å². The molecule has 0 aromatic carbocycles. The highest BCUT2D eigenvalue weighted by Gasteiger charge is 2.21. The van der Waals surface area contributed by atoms with E-state index in [4.69, 9.17) is 5.73 Å². The third kappa shape index (κ3) is 2.27. The minimum absolute atomic E-state index is 0.224. The van der Waals surface area contributed by atoms with Crippen molar-refractivity contribution < 1.29 is 9.90 Å². The fourth-order valence-electron chi connectivity index (χ4n) is 1.66. The Labute approximate surface area is 108 Å². The first kappa shape index (κ1) is 12.7. The lowest BCUT2D eigenvalue weighted by molar-refractivity contribution is 0.0709. The smallest absolute Gasteiger partial charge is 0.266 e. The molecule has 0 bridgehead atoms. The second-order valence-electron chi connectivity index (χ2n) is 4.09. The third-order valence-corrected chi connectivity index (χ3v) is 3.53. The molecule has 18 heavy (non-hydrogen) atoms. The van der Waals surface area contributed by atoms with Crippen molar-refractivity contribution in [3.63, 3.8) is 0 Å². The zero-order valence-corrected chi connectivity index (χ0v) is 10.9. The van der Waals surface area contributed by atoms with Crippen LogP contribution in [0.3, 0.4) is 0 Å². The minimum atomic E-state index is -0.578. The molecule has 0 aliphatic rings. The Morgan fingerprint density at radius 2 is 2.22 bits per heavy atom. The quantitative estimate of drug-likeness (QED) is 0.854. The number of aromatic nitrogens is 2. The number of amides is 1. The van der Waals surface area contributed by atoms with Gasteiger partial charge in [-0.3, -0.25) is 4.79 Å². The van der Waals surface area contributed by atoms with Crippen LogP contribution in [0, 0.1) is 0 Å². The van der Waals surface area contributed by atoms with Gasteiger partial charge in [0.15, 0.2) is 0 Å². The number of aliphatic hydroxyl groups excluding tert-OH is 1. The zero-order chi connectivity index (χ0) is 13.3. The number of carbonyl (C=O) groups excluding carboxylic acids is 1. The summed E-state index contributed by atoms with van der Waals surface area (Å²) >= 11 is 1.22. The molecule has 0 spiro atoms. The van der Waals surface area contributed by atoms with Gasteiger partial charge in [-0.25, -0.2) is 9.97 Å². The van der Waals surface area contributed by atoms with E-state index in [0.717, 1.165) is 0 Å². The summed E-state index contributed by atoms with van der Waals surface area (Å²) in [5, 5.41) is 9.28. The van der Waals surface area contributed by atoms with Crippen molar-refractivity contribution >= 4 is 33.3 Å². The average molecular weight is 266 g/mol. The molecule has 6 nitrogen and oxygen atoms in total. The molecule has 3 N–H and O–H groups in total. The molecule has 0 saturated heterocycles. The monoisotopic (exact) mass is 266 g/mol. The normalized spacial score (nSPS) is 12.6. The summed E-state index contributed by atoms with van der Waals surface area (Å²) in [6, 6.07) is 0. The number of nitrogens with zero attached hydrogens (tertiary/aromatic N) is 3. The molecule has 1 unspecified atom stereocenters. The van der Waals surface area contributed by atoms with E-state index in [2.05, 4.69) is 9.97 Å². The van der Waals surface area contributed by atoms with E-state index in [1.165, 1.54) is 16.2 Å². The number of thiophene rings is 1. The van der Waals surface area contributed by atoms with Gasteiger partial charge in [-0.05, 0) is 6.92 Å². The number of nitrogens with two attached hydrogens (primary N) is 1. The maximum atomic E-state index is 12.2. The summed E-state index contributed by atoms with van der Waals surface area (Å²) < 4.78 is 0. The fraction of sp³-hybridized carbons (Fsp3) is 0.364. The third-order valence-electron chi connectivity index (χ3n) is 2.44. The zero-order valence-electron chi connectivity index (χ0n) is 10.1. The lowest BCUT2D eigenvalue weighted by Crippen LogP contribution is -2.32. The first-order valence-electron chi connectivity index (χ1n) is 5.43. The Balaban J connectivity index is 2.36. The van der Waals surface area contributed by atoms with Crippen LogP contribution in [0.5, 0.6) is 0 Å². The van der Waals surface area contributed by atoms with Crippen molar-refractivity contribution in [2.75, 3.05) is 19.3 Å². The molecule has 2 heterocycles. The Kier molecular flexibility index (Phi) is 3.44. The van der Waals surface area contributed by atoms with Crippen LogP contribution in [0.4, 0.5) is 5.69 Å². The first-order chi connectivity index (χ1) is 8.50. The van der Waals surface area contributed by atoms with Crippen LogP contribution in [0.15, 0.2) is 12.4 Å². The number of likely N-dealkylation sites (N-methyl/N-ethyl adjacent to an activating group) is 1. The van der Waals surface area contributed by atoms with Crippen LogP contribution in [0.2, 0.25) is 0 Å². The molecule has 2 aromatic rings. The molecule has 1 atom stereocenters. The largest absolute Gasteiger partial charge is 0.396 e. The number of fused-ring (bicyclic) bond motifs is 1. The molecule has 0 aliphatic carbocycles. The Bertz CT molecular complexity index is 581. The molecule has 96 valence electrons. The Morgan fingerprint density at radius 1 is 1.56 bits per heavy atom. The van der Waals surface area contributed by atoms with E-state index in [-0.39, 0.29) is 12.5 Å². The maximum absolute atomic E-state index is 12.2. The van der Waals surface area contributed by atoms with E-state index in [9.17, 15) is 9.90 Å². The van der Waals surface area contributed by atoms with Crippen molar-refractivity contribution in [2.45, 2.75) is 13.0 Å². The van der Waals surface area contributed by atoms with Gasteiger partial charge in [0.25, 0.3) is 5.91 Å². The van der Waals surface area contributed by atoms with Gasteiger partial charge in [0.2, 0.25) is 0 Å². The molecule has 0 saturated carbocycles. The van der Waals surface area contributed by atoms with Crippen LogP contribution in [0.25, 0.3) is 10.3 Å². The summed E-state index contributed by atoms with van der Waals surface area (Å²) in [5.74, 6) is -0.224. The summed E-state index contributed by atoms with van der Waals surface area (Å²) in [6.07, 6.45) is 2.52. The summed E-state index contributed by atoms with van der Waals surface area (Å²) in [4.78, 5) is 22.9. The molecular formula is C11H14N4O2S. The van der Waals surface area contributed by atoms with Crippen molar-refractivity contribution in [3.8, 4) is 0 Å². The molecular weight excluding hydrogens is 252 g/mol. The van der Waals surface area contributed by atoms with Gasteiger partial charge in [0.05, 0.1) is 11.8 Å². The van der Waals surface area contributed by atoms with Gasteiger partial charge < -0.3 is 15.7 Å². The van der Waals surface area contributed by atoms with E-state index in [1.807, 2.05) is 0 Å². The van der Waals surface area contributed by atoms with Gasteiger partial charge >= 0.3 is 0 Å². The molecule has 2 aromatic heterocycles. The summed E-state index contributed by atoms with van der Waals surface area (Å²) in [6.45, 7) is 1.88. The maximum Gasteiger partial charge on any atom is 0.266 e.